The first-order chi connectivity index (χ1) is 9.65. The van der Waals surface area contributed by atoms with Crippen LogP contribution in [0.5, 0.6) is 0 Å². The lowest BCUT2D eigenvalue weighted by molar-refractivity contribution is 0.729. The third kappa shape index (κ3) is 2.32. The average Bonchev–Trinajstić information content (AvgIpc) is 2.91. The zero-order chi connectivity index (χ0) is 14.1. The van der Waals surface area contributed by atoms with Gasteiger partial charge in [-0.1, -0.05) is 25.2 Å². The second-order valence-corrected chi connectivity index (χ2v) is 5.85. The van der Waals surface area contributed by atoms with E-state index in [0.717, 1.165) is 10.0 Å². The van der Waals surface area contributed by atoms with Crippen LogP contribution in [0.25, 0.3) is 10.9 Å². The van der Waals surface area contributed by atoms with Crippen LogP contribution in [0.15, 0.2) is 29.6 Å². The summed E-state index contributed by atoms with van der Waals surface area (Å²) < 4.78 is 1.55. The fourth-order valence-electron chi connectivity index (χ4n) is 1.83. The van der Waals surface area contributed by atoms with Gasteiger partial charge in [-0.3, -0.25) is 14.3 Å². The van der Waals surface area contributed by atoms with E-state index in [1.165, 1.54) is 17.7 Å². The van der Waals surface area contributed by atoms with Gasteiger partial charge < -0.3 is 0 Å². The number of pyridine rings is 1. The van der Waals surface area contributed by atoms with Crippen molar-refractivity contribution in [3.8, 4) is 0 Å². The molecule has 0 atom stereocenters. The van der Waals surface area contributed by atoms with Gasteiger partial charge in [-0.25, -0.2) is 4.98 Å². The normalized spacial score (nSPS) is 11.3. The summed E-state index contributed by atoms with van der Waals surface area (Å²) in [6, 6.07) is 1.68. The van der Waals surface area contributed by atoms with Crippen molar-refractivity contribution in [3.05, 3.63) is 45.2 Å². The molecule has 0 unspecified atom stereocenters. The Balaban J connectivity index is 1.98. The molecule has 7 heteroatoms. The summed E-state index contributed by atoms with van der Waals surface area (Å²) in [5.41, 5.74) is 0.521. The third-order valence-corrected chi connectivity index (χ3v) is 4.12. The van der Waals surface area contributed by atoms with Crippen molar-refractivity contribution in [1.29, 1.82) is 0 Å². The molecule has 0 bridgehead atoms. The molecule has 3 rings (SSSR count). The van der Waals surface area contributed by atoms with Gasteiger partial charge in [-0.05, 0) is 6.07 Å². The summed E-state index contributed by atoms with van der Waals surface area (Å²) in [7, 11) is 0. The summed E-state index contributed by atoms with van der Waals surface area (Å²) in [5.74, 6) is 0.346. The van der Waals surface area contributed by atoms with E-state index in [9.17, 15) is 4.79 Å². The minimum Gasteiger partial charge on any atom is -0.292 e. The summed E-state index contributed by atoms with van der Waals surface area (Å²) in [6.07, 6.45) is 4.71. The number of hydrogen-bond donors (Lipinski definition) is 0. The molecule has 0 aliphatic rings. The van der Waals surface area contributed by atoms with Crippen LogP contribution in [-0.2, 0) is 6.54 Å². The van der Waals surface area contributed by atoms with Crippen LogP contribution < -0.4 is 5.56 Å². The first-order valence-corrected chi connectivity index (χ1v) is 7.08. The Morgan fingerprint density at radius 2 is 2.20 bits per heavy atom. The molecule has 20 heavy (non-hydrogen) atoms. The Bertz CT molecular complexity index is 808. The molecule has 3 heterocycles. The molecule has 0 aromatic carbocycles. The predicted molar refractivity (Wildman–Crippen MR) is 76.9 cm³/mol. The van der Waals surface area contributed by atoms with Gasteiger partial charge in [-0.15, -0.1) is 10.2 Å². The molecule has 3 aromatic rings. The molecular weight excluding hydrogens is 274 g/mol. The van der Waals surface area contributed by atoms with E-state index in [1.54, 1.807) is 23.0 Å². The van der Waals surface area contributed by atoms with Gasteiger partial charge in [0.1, 0.15) is 10.0 Å². The van der Waals surface area contributed by atoms with Gasteiger partial charge >= 0.3 is 0 Å². The highest BCUT2D eigenvalue weighted by Crippen LogP contribution is 2.19. The second-order valence-electron chi connectivity index (χ2n) is 4.76. The summed E-state index contributed by atoms with van der Waals surface area (Å²) in [4.78, 5) is 20.5. The van der Waals surface area contributed by atoms with Crippen molar-refractivity contribution in [2.45, 2.75) is 26.3 Å². The number of hydrogen-bond acceptors (Lipinski definition) is 6. The van der Waals surface area contributed by atoms with E-state index in [1.807, 2.05) is 0 Å². The Kier molecular flexibility index (Phi) is 3.27. The van der Waals surface area contributed by atoms with Gasteiger partial charge in [-0.2, -0.15) is 0 Å². The maximum Gasteiger partial charge on any atom is 0.261 e. The van der Waals surface area contributed by atoms with Gasteiger partial charge in [0.15, 0.2) is 0 Å². The van der Waals surface area contributed by atoms with E-state index in [0.29, 0.717) is 23.4 Å². The molecule has 0 amide bonds. The Morgan fingerprint density at radius 3 is 2.95 bits per heavy atom. The fraction of sp³-hybridized carbons (Fsp3) is 0.308. The quantitative estimate of drug-likeness (QED) is 0.734. The van der Waals surface area contributed by atoms with Gasteiger partial charge in [0, 0.05) is 12.1 Å². The van der Waals surface area contributed by atoms with Crippen LogP contribution in [0.2, 0.25) is 0 Å². The number of rotatable bonds is 3. The summed E-state index contributed by atoms with van der Waals surface area (Å²) >= 11 is 1.53. The van der Waals surface area contributed by atoms with E-state index in [-0.39, 0.29) is 5.56 Å². The van der Waals surface area contributed by atoms with Crippen LogP contribution in [0.4, 0.5) is 0 Å². The van der Waals surface area contributed by atoms with E-state index < -0.39 is 0 Å². The lowest BCUT2D eigenvalue weighted by Gasteiger charge is -2.03. The molecule has 6 nitrogen and oxygen atoms in total. The number of fused-ring (bicyclic) bond motifs is 1. The molecule has 0 saturated heterocycles. The second kappa shape index (κ2) is 5.09. The summed E-state index contributed by atoms with van der Waals surface area (Å²) in [5, 5.41) is 10.6. The zero-order valence-electron chi connectivity index (χ0n) is 11.1. The van der Waals surface area contributed by atoms with Crippen molar-refractivity contribution in [1.82, 2.24) is 24.7 Å². The van der Waals surface area contributed by atoms with E-state index >= 15 is 0 Å². The molecule has 0 aliphatic heterocycles. The van der Waals surface area contributed by atoms with Gasteiger partial charge in [0.25, 0.3) is 5.56 Å². The molecule has 0 saturated carbocycles. The van der Waals surface area contributed by atoms with Crippen LogP contribution in [0.1, 0.15) is 29.8 Å². The van der Waals surface area contributed by atoms with Crippen LogP contribution in [0, 0.1) is 0 Å². The first-order valence-electron chi connectivity index (χ1n) is 6.26. The van der Waals surface area contributed by atoms with Crippen LogP contribution >= 0.6 is 11.3 Å². The van der Waals surface area contributed by atoms with Crippen molar-refractivity contribution in [2.24, 2.45) is 0 Å². The molecular formula is C13H13N5OS. The highest BCUT2D eigenvalue weighted by molar-refractivity contribution is 7.11. The summed E-state index contributed by atoms with van der Waals surface area (Å²) in [6.45, 7) is 4.54. The minimum atomic E-state index is -0.0845. The maximum absolute atomic E-state index is 12.3. The molecule has 0 N–H and O–H groups in total. The largest absolute Gasteiger partial charge is 0.292 e. The Morgan fingerprint density at radius 1 is 1.35 bits per heavy atom. The minimum absolute atomic E-state index is 0.0845. The monoisotopic (exact) mass is 287 g/mol. The molecule has 0 radical (unpaired) electrons. The molecule has 102 valence electrons. The first kappa shape index (κ1) is 12.9. The van der Waals surface area contributed by atoms with Crippen LogP contribution in [0.3, 0.4) is 0 Å². The van der Waals surface area contributed by atoms with Gasteiger partial charge in [0.2, 0.25) is 0 Å². The molecule has 0 fully saturated rings. The van der Waals surface area contributed by atoms with Crippen molar-refractivity contribution in [2.75, 3.05) is 0 Å². The van der Waals surface area contributed by atoms with E-state index in [4.69, 9.17) is 0 Å². The van der Waals surface area contributed by atoms with Crippen molar-refractivity contribution in [3.63, 3.8) is 0 Å². The fourth-order valence-corrected chi connectivity index (χ4v) is 2.68. The highest BCUT2D eigenvalue weighted by Gasteiger charge is 2.10. The average molecular weight is 287 g/mol. The lowest BCUT2D eigenvalue weighted by atomic mass is 10.2. The number of aromatic nitrogens is 5. The maximum atomic E-state index is 12.3. The predicted octanol–water partition coefficient (Wildman–Crippen LogP) is 1.81. The third-order valence-electron chi connectivity index (χ3n) is 2.91. The smallest absolute Gasteiger partial charge is 0.261 e. The standard InChI is InChI=1S/C13H13N5OS/c1-8(2)12-17-16-11(20-12)6-18-7-15-10-5-14-4-3-9(10)13(18)19/h3-5,7-8H,6H2,1-2H3. The Labute approximate surface area is 119 Å². The van der Waals surface area contributed by atoms with Crippen molar-refractivity contribution < 1.29 is 0 Å². The SMILES string of the molecule is CC(C)c1nnc(Cn2cnc3cnccc3c2=O)s1. The highest BCUT2D eigenvalue weighted by atomic mass is 32.1. The molecule has 0 spiro atoms. The van der Waals surface area contributed by atoms with Crippen molar-refractivity contribution >= 4 is 22.2 Å². The van der Waals surface area contributed by atoms with Crippen LogP contribution in [-0.4, -0.2) is 24.7 Å². The Hall–Kier alpha value is -2.15. The molecule has 3 aromatic heterocycles. The number of nitrogens with zero attached hydrogens (tertiary/aromatic N) is 5. The zero-order valence-corrected chi connectivity index (χ0v) is 12.0. The van der Waals surface area contributed by atoms with E-state index in [2.05, 4.69) is 34.0 Å². The topological polar surface area (TPSA) is 73.6 Å². The van der Waals surface area contributed by atoms with Gasteiger partial charge in [0.05, 0.1) is 30.0 Å². The lowest BCUT2D eigenvalue weighted by Crippen LogP contribution is -2.21. The molecule has 0 aliphatic carbocycles.